The topological polar surface area (TPSA) is 52.6 Å². The van der Waals surface area contributed by atoms with Crippen molar-refractivity contribution < 1.29 is 4.79 Å². The molecule has 0 saturated carbocycles. The minimum absolute atomic E-state index is 0.0149. The van der Waals surface area contributed by atoms with Crippen molar-refractivity contribution in [1.29, 1.82) is 0 Å². The summed E-state index contributed by atoms with van der Waals surface area (Å²) in [5.74, 6) is 0.915. The third-order valence-electron chi connectivity index (χ3n) is 5.07. The molecule has 1 aromatic carbocycles. The Bertz CT molecular complexity index is 748. The predicted molar refractivity (Wildman–Crippen MR) is 94.4 cm³/mol. The second-order valence-electron chi connectivity index (χ2n) is 6.71. The first-order chi connectivity index (χ1) is 11.7. The van der Waals surface area contributed by atoms with E-state index in [0.717, 1.165) is 68.7 Å². The third kappa shape index (κ3) is 2.71. The molecule has 126 valence electrons. The van der Waals surface area contributed by atoms with Crippen LogP contribution in [0.1, 0.15) is 23.3 Å². The standard InChI is InChI=1S/C18H23N5O/c1-21-10-12-22(13-11-21)17-15-7-3-2-6-14(15)16(19-20-17)18(24)23-8-4-5-9-23/h2-3,6-7H,4-5,8-13H2,1H3. The van der Waals surface area contributed by atoms with Crippen molar-refractivity contribution in [3.8, 4) is 0 Å². The summed E-state index contributed by atoms with van der Waals surface area (Å²) in [5.41, 5.74) is 0.491. The molecular formula is C18H23N5O. The Kier molecular flexibility index (Phi) is 4.06. The molecule has 0 unspecified atom stereocenters. The van der Waals surface area contributed by atoms with Crippen LogP contribution in [0, 0.1) is 0 Å². The molecule has 6 heteroatoms. The summed E-state index contributed by atoms with van der Waals surface area (Å²) >= 11 is 0. The van der Waals surface area contributed by atoms with Gasteiger partial charge in [-0.05, 0) is 19.9 Å². The number of rotatable bonds is 2. The summed E-state index contributed by atoms with van der Waals surface area (Å²) < 4.78 is 0. The zero-order valence-electron chi connectivity index (χ0n) is 14.1. The minimum atomic E-state index is 0.0149. The highest BCUT2D eigenvalue weighted by Gasteiger charge is 2.25. The average molecular weight is 325 g/mol. The molecule has 0 spiro atoms. The Morgan fingerprint density at radius 2 is 1.58 bits per heavy atom. The van der Waals surface area contributed by atoms with Crippen molar-refractivity contribution in [3.05, 3.63) is 30.0 Å². The number of hydrogen-bond acceptors (Lipinski definition) is 5. The first-order valence-corrected chi connectivity index (χ1v) is 8.72. The lowest BCUT2D eigenvalue weighted by molar-refractivity contribution is 0.0788. The Balaban J connectivity index is 1.73. The first kappa shape index (κ1) is 15.3. The van der Waals surface area contributed by atoms with Crippen LogP contribution in [0.25, 0.3) is 10.8 Å². The molecule has 0 radical (unpaired) electrons. The molecule has 1 amide bonds. The van der Waals surface area contributed by atoms with Crippen LogP contribution >= 0.6 is 0 Å². The van der Waals surface area contributed by atoms with E-state index in [2.05, 4.69) is 33.1 Å². The predicted octanol–water partition coefficient (Wildman–Crippen LogP) is 1.62. The molecule has 2 aliphatic rings. The normalized spacial score (nSPS) is 19.2. The van der Waals surface area contributed by atoms with Crippen LogP contribution in [0.2, 0.25) is 0 Å². The number of amides is 1. The molecule has 3 heterocycles. The van der Waals surface area contributed by atoms with Gasteiger partial charge in [0.2, 0.25) is 0 Å². The van der Waals surface area contributed by atoms with Crippen LogP contribution in [0.15, 0.2) is 24.3 Å². The highest BCUT2D eigenvalue weighted by molar-refractivity contribution is 6.07. The van der Waals surface area contributed by atoms with E-state index in [0.29, 0.717) is 5.69 Å². The highest BCUT2D eigenvalue weighted by atomic mass is 16.2. The largest absolute Gasteiger partial charge is 0.352 e. The fourth-order valence-corrected chi connectivity index (χ4v) is 3.57. The highest BCUT2D eigenvalue weighted by Crippen LogP contribution is 2.27. The van der Waals surface area contributed by atoms with Crippen molar-refractivity contribution in [3.63, 3.8) is 0 Å². The lowest BCUT2D eigenvalue weighted by Crippen LogP contribution is -2.45. The molecule has 0 aliphatic carbocycles. The van der Waals surface area contributed by atoms with Crippen molar-refractivity contribution in [2.75, 3.05) is 51.2 Å². The number of carbonyl (C=O) groups excluding carboxylic acids is 1. The Morgan fingerprint density at radius 1 is 0.917 bits per heavy atom. The van der Waals surface area contributed by atoms with Crippen LogP contribution in [-0.4, -0.2) is 72.2 Å². The van der Waals surface area contributed by atoms with Crippen molar-refractivity contribution in [2.24, 2.45) is 0 Å². The van der Waals surface area contributed by atoms with E-state index in [-0.39, 0.29) is 5.91 Å². The van der Waals surface area contributed by atoms with Gasteiger partial charge >= 0.3 is 0 Å². The van der Waals surface area contributed by atoms with Gasteiger partial charge in [0.15, 0.2) is 11.5 Å². The molecule has 0 N–H and O–H groups in total. The molecule has 24 heavy (non-hydrogen) atoms. The molecule has 0 bridgehead atoms. The Labute approximate surface area is 142 Å². The molecule has 2 aliphatic heterocycles. The van der Waals surface area contributed by atoms with Crippen LogP contribution in [0.4, 0.5) is 5.82 Å². The fourth-order valence-electron chi connectivity index (χ4n) is 3.57. The zero-order chi connectivity index (χ0) is 16.5. The van der Waals surface area contributed by atoms with Crippen molar-refractivity contribution in [2.45, 2.75) is 12.8 Å². The molecule has 6 nitrogen and oxygen atoms in total. The van der Waals surface area contributed by atoms with Gasteiger partial charge < -0.3 is 14.7 Å². The van der Waals surface area contributed by atoms with Gasteiger partial charge in [-0.3, -0.25) is 4.79 Å². The molecule has 0 atom stereocenters. The number of likely N-dealkylation sites (tertiary alicyclic amines) is 1. The Hall–Kier alpha value is -2.21. The number of piperazine rings is 1. The van der Waals surface area contributed by atoms with Crippen LogP contribution in [0.5, 0.6) is 0 Å². The van der Waals surface area contributed by atoms with Crippen molar-refractivity contribution in [1.82, 2.24) is 20.0 Å². The summed E-state index contributed by atoms with van der Waals surface area (Å²) in [6.07, 6.45) is 2.16. The summed E-state index contributed by atoms with van der Waals surface area (Å²) in [6, 6.07) is 8.03. The quantitative estimate of drug-likeness (QED) is 0.840. The van der Waals surface area contributed by atoms with Crippen LogP contribution in [-0.2, 0) is 0 Å². The second-order valence-corrected chi connectivity index (χ2v) is 6.71. The second kappa shape index (κ2) is 6.36. The van der Waals surface area contributed by atoms with Gasteiger partial charge in [-0.15, -0.1) is 10.2 Å². The molecule has 2 saturated heterocycles. The molecular weight excluding hydrogens is 302 g/mol. The lowest BCUT2D eigenvalue weighted by Gasteiger charge is -2.33. The first-order valence-electron chi connectivity index (χ1n) is 8.72. The third-order valence-corrected chi connectivity index (χ3v) is 5.07. The number of benzene rings is 1. The number of nitrogens with zero attached hydrogens (tertiary/aromatic N) is 5. The molecule has 2 fully saturated rings. The fraction of sp³-hybridized carbons (Fsp3) is 0.500. The zero-order valence-corrected chi connectivity index (χ0v) is 14.1. The van der Waals surface area contributed by atoms with Crippen molar-refractivity contribution >= 4 is 22.5 Å². The molecule has 4 rings (SSSR count). The molecule has 2 aromatic rings. The monoisotopic (exact) mass is 325 g/mol. The lowest BCUT2D eigenvalue weighted by atomic mass is 10.1. The van der Waals surface area contributed by atoms with Crippen LogP contribution in [0.3, 0.4) is 0 Å². The van der Waals surface area contributed by atoms with Gasteiger partial charge in [0, 0.05) is 50.0 Å². The Morgan fingerprint density at radius 3 is 2.29 bits per heavy atom. The minimum Gasteiger partial charge on any atom is -0.352 e. The average Bonchev–Trinajstić information content (AvgIpc) is 3.16. The van der Waals surface area contributed by atoms with E-state index in [1.54, 1.807) is 0 Å². The smallest absolute Gasteiger partial charge is 0.275 e. The van der Waals surface area contributed by atoms with Gasteiger partial charge in [-0.1, -0.05) is 24.3 Å². The van der Waals surface area contributed by atoms with Gasteiger partial charge in [0.05, 0.1) is 0 Å². The van der Waals surface area contributed by atoms with Gasteiger partial charge in [-0.2, -0.15) is 0 Å². The van der Waals surface area contributed by atoms with E-state index in [4.69, 9.17) is 0 Å². The maximum Gasteiger partial charge on any atom is 0.275 e. The van der Waals surface area contributed by atoms with Gasteiger partial charge in [-0.25, -0.2) is 0 Å². The SMILES string of the molecule is CN1CCN(c2nnc(C(=O)N3CCCC3)c3ccccc23)CC1. The number of carbonyl (C=O) groups is 1. The van der Waals surface area contributed by atoms with Gasteiger partial charge in [0.1, 0.15) is 0 Å². The maximum absolute atomic E-state index is 12.8. The van der Waals surface area contributed by atoms with E-state index >= 15 is 0 Å². The van der Waals surface area contributed by atoms with Crippen LogP contribution < -0.4 is 4.90 Å². The number of anilines is 1. The van der Waals surface area contributed by atoms with E-state index < -0.39 is 0 Å². The van der Waals surface area contributed by atoms with E-state index in [1.807, 2.05) is 23.1 Å². The number of aromatic nitrogens is 2. The molecule has 1 aromatic heterocycles. The number of likely N-dealkylation sites (N-methyl/N-ethyl adjacent to an activating group) is 1. The summed E-state index contributed by atoms with van der Waals surface area (Å²) in [4.78, 5) is 19.3. The number of fused-ring (bicyclic) bond motifs is 1. The summed E-state index contributed by atoms with van der Waals surface area (Å²) in [5, 5.41) is 10.7. The maximum atomic E-state index is 12.8. The summed E-state index contributed by atoms with van der Waals surface area (Å²) in [7, 11) is 2.14. The van der Waals surface area contributed by atoms with E-state index in [9.17, 15) is 4.79 Å². The summed E-state index contributed by atoms with van der Waals surface area (Å²) in [6.45, 7) is 5.57. The van der Waals surface area contributed by atoms with Gasteiger partial charge in [0.25, 0.3) is 5.91 Å². The van der Waals surface area contributed by atoms with E-state index in [1.165, 1.54) is 0 Å². The number of hydrogen-bond donors (Lipinski definition) is 0.